The first-order valence-corrected chi connectivity index (χ1v) is 11.3. The molecule has 0 radical (unpaired) electrons. The van der Waals surface area contributed by atoms with E-state index in [2.05, 4.69) is 21.3 Å². The molecule has 1 aromatic heterocycles. The molecule has 0 amide bonds. The van der Waals surface area contributed by atoms with Gasteiger partial charge in [-0.15, -0.1) is 0 Å². The number of hydrogen-bond acceptors (Lipinski definition) is 6. The molecule has 1 fully saturated rings. The molecule has 0 saturated carbocycles. The molecule has 0 unspecified atom stereocenters. The van der Waals surface area contributed by atoms with Crippen molar-refractivity contribution < 1.29 is 21.6 Å². The number of pyridine rings is 1. The lowest BCUT2D eigenvalue weighted by atomic mass is 10.1. The second-order valence-electron chi connectivity index (χ2n) is 7.03. The van der Waals surface area contributed by atoms with Crippen LogP contribution in [0.4, 0.5) is 24.7 Å². The van der Waals surface area contributed by atoms with Crippen LogP contribution < -0.4 is 10.0 Å². The van der Waals surface area contributed by atoms with Crippen molar-refractivity contribution in [1.82, 2.24) is 14.6 Å². The Kier molecular flexibility index (Phi) is 5.49. The zero-order chi connectivity index (χ0) is 20.6. The first-order valence-electron chi connectivity index (χ1n) is 9.05. The third-order valence-corrected chi connectivity index (χ3v) is 7.29. The molecule has 0 spiro atoms. The number of sulfonamides is 1. The highest BCUT2D eigenvalue weighted by molar-refractivity contribution is 7.99. The van der Waals surface area contributed by atoms with Gasteiger partial charge in [-0.25, -0.2) is 18.1 Å². The second kappa shape index (κ2) is 7.78. The molecule has 1 aromatic carbocycles. The van der Waals surface area contributed by atoms with Gasteiger partial charge in [-0.05, 0) is 42.7 Å². The highest BCUT2D eigenvalue weighted by atomic mass is 32.2. The van der Waals surface area contributed by atoms with Crippen LogP contribution in [0.15, 0.2) is 46.3 Å². The molecule has 156 valence electrons. The van der Waals surface area contributed by atoms with E-state index in [-0.39, 0.29) is 0 Å². The van der Waals surface area contributed by atoms with Gasteiger partial charge in [-0.2, -0.15) is 13.2 Å². The van der Waals surface area contributed by atoms with E-state index < -0.39 is 21.6 Å². The van der Waals surface area contributed by atoms with Crippen LogP contribution in [0.1, 0.15) is 18.4 Å². The number of hydrogen-bond donors (Lipinski definition) is 2. The average molecular weight is 445 g/mol. The number of nitrogens with one attached hydrogen (secondary N) is 2. The maximum Gasteiger partial charge on any atom is 0.511 e. The van der Waals surface area contributed by atoms with Gasteiger partial charge in [0.1, 0.15) is 5.82 Å². The van der Waals surface area contributed by atoms with Crippen LogP contribution in [-0.4, -0.2) is 42.9 Å². The molecule has 2 aromatic rings. The van der Waals surface area contributed by atoms with E-state index in [0.717, 1.165) is 26.9 Å². The summed E-state index contributed by atoms with van der Waals surface area (Å²) in [5.41, 5.74) is -3.22. The second-order valence-corrected chi connectivity index (χ2v) is 9.81. The van der Waals surface area contributed by atoms with Gasteiger partial charge in [-0.3, -0.25) is 4.90 Å². The molecule has 4 rings (SSSR count). The Hall–Kier alpha value is -1.82. The van der Waals surface area contributed by atoms with Gasteiger partial charge < -0.3 is 5.32 Å². The monoisotopic (exact) mass is 444 g/mol. The number of rotatable bonds is 4. The Morgan fingerprint density at radius 1 is 1.21 bits per heavy atom. The highest BCUT2D eigenvalue weighted by Gasteiger charge is 2.46. The number of piperidine rings is 1. The van der Waals surface area contributed by atoms with Crippen LogP contribution in [0.2, 0.25) is 0 Å². The Morgan fingerprint density at radius 3 is 2.69 bits per heavy atom. The van der Waals surface area contributed by atoms with Crippen molar-refractivity contribution in [3.8, 4) is 0 Å². The summed E-state index contributed by atoms with van der Waals surface area (Å²) in [5.74, 6) is 0.819. The number of fused-ring (bicyclic) bond motifs is 2. The van der Waals surface area contributed by atoms with Crippen molar-refractivity contribution in [2.24, 2.45) is 0 Å². The zero-order valence-electron chi connectivity index (χ0n) is 15.2. The van der Waals surface area contributed by atoms with Crippen molar-refractivity contribution in [2.45, 2.75) is 40.7 Å². The minimum atomic E-state index is -5.29. The minimum absolute atomic E-state index is 0.339. The quantitative estimate of drug-likeness (QED) is 0.639. The molecule has 29 heavy (non-hydrogen) atoms. The summed E-state index contributed by atoms with van der Waals surface area (Å²) in [6, 6.07) is 9.34. The maximum atomic E-state index is 12.5. The van der Waals surface area contributed by atoms with E-state index in [4.69, 9.17) is 0 Å². The normalized spacial score (nSPS) is 18.0. The molecule has 6 nitrogen and oxygen atoms in total. The smallest absolute Gasteiger partial charge is 0.338 e. The van der Waals surface area contributed by atoms with Crippen LogP contribution in [-0.2, 0) is 16.6 Å². The first-order chi connectivity index (χ1) is 13.7. The lowest BCUT2D eigenvalue weighted by molar-refractivity contribution is -0.0453. The van der Waals surface area contributed by atoms with E-state index in [0.29, 0.717) is 32.5 Å². The van der Waals surface area contributed by atoms with Gasteiger partial charge in [0.15, 0.2) is 0 Å². The molecule has 2 aliphatic heterocycles. The standard InChI is InChI=1S/C18H19F3N4O2S2/c19-18(20,21)29(26,27)24-13-5-8-25(9-6-13)11-12-3-4-15-14(10-12)23-17-16(28-15)2-1-7-22-17/h1-4,7,10,13,24H,5-6,8-9,11H2,(H,22,23). The fourth-order valence-corrected chi connectivity index (χ4v) is 5.18. The summed E-state index contributed by atoms with van der Waals surface area (Å²) in [5, 5.41) is 3.33. The predicted molar refractivity (Wildman–Crippen MR) is 104 cm³/mol. The Labute approximate surface area is 170 Å². The fraction of sp³-hybridized carbons (Fsp3) is 0.389. The molecule has 2 N–H and O–H groups in total. The summed E-state index contributed by atoms with van der Waals surface area (Å²) >= 11 is 1.65. The molecule has 11 heteroatoms. The Balaban J connectivity index is 1.35. The topological polar surface area (TPSA) is 74.3 Å². The number of benzene rings is 1. The first kappa shape index (κ1) is 20.5. The molecular weight excluding hydrogens is 425 g/mol. The number of halogens is 3. The SMILES string of the molecule is O=S(=O)(NC1CCN(Cc2ccc3c(c2)Nc2ncccc2S3)CC1)C(F)(F)F. The average Bonchev–Trinajstić information content (AvgIpc) is 2.67. The highest BCUT2D eigenvalue weighted by Crippen LogP contribution is 2.43. The van der Waals surface area contributed by atoms with E-state index in [9.17, 15) is 21.6 Å². The molecular formula is C18H19F3N4O2S2. The van der Waals surface area contributed by atoms with Crippen LogP contribution >= 0.6 is 11.8 Å². The Morgan fingerprint density at radius 2 is 1.97 bits per heavy atom. The van der Waals surface area contributed by atoms with Crippen molar-refractivity contribution in [3.05, 3.63) is 42.1 Å². The van der Waals surface area contributed by atoms with E-state index in [1.165, 1.54) is 0 Å². The van der Waals surface area contributed by atoms with Gasteiger partial charge in [-0.1, -0.05) is 17.8 Å². The minimum Gasteiger partial charge on any atom is -0.338 e. The summed E-state index contributed by atoms with van der Waals surface area (Å²) < 4.78 is 61.8. The van der Waals surface area contributed by atoms with Crippen molar-refractivity contribution in [2.75, 3.05) is 18.4 Å². The fourth-order valence-electron chi connectivity index (χ4n) is 3.43. The largest absolute Gasteiger partial charge is 0.511 e. The summed E-state index contributed by atoms with van der Waals surface area (Å²) in [4.78, 5) is 8.63. The molecule has 3 heterocycles. The third kappa shape index (κ3) is 4.52. The zero-order valence-corrected chi connectivity index (χ0v) is 16.9. The molecule has 0 atom stereocenters. The predicted octanol–water partition coefficient (Wildman–Crippen LogP) is 3.69. The van der Waals surface area contributed by atoms with Crippen LogP contribution in [0.5, 0.6) is 0 Å². The Bertz CT molecular complexity index is 1010. The maximum absolute atomic E-state index is 12.5. The van der Waals surface area contributed by atoms with Crippen LogP contribution in [0.3, 0.4) is 0 Å². The molecule has 0 bridgehead atoms. The lowest BCUT2D eigenvalue weighted by Crippen LogP contribution is -2.47. The number of alkyl halides is 3. The lowest BCUT2D eigenvalue weighted by Gasteiger charge is -2.32. The summed E-state index contributed by atoms with van der Waals surface area (Å²) in [7, 11) is -5.29. The number of nitrogens with zero attached hydrogens (tertiary/aromatic N) is 2. The van der Waals surface area contributed by atoms with Gasteiger partial charge in [0.05, 0.1) is 10.6 Å². The summed E-state index contributed by atoms with van der Waals surface area (Å²) in [6.07, 6.45) is 2.41. The molecule has 1 saturated heterocycles. The van der Waals surface area contributed by atoms with Crippen LogP contribution in [0.25, 0.3) is 0 Å². The van der Waals surface area contributed by atoms with Crippen molar-refractivity contribution in [1.29, 1.82) is 0 Å². The van der Waals surface area contributed by atoms with Gasteiger partial charge >= 0.3 is 15.5 Å². The number of anilines is 2. The number of likely N-dealkylation sites (tertiary alicyclic amines) is 1. The van der Waals surface area contributed by atoms with Crippen molar-refractivity contribution >= 4 is 33.3 Å². The van der Waals surface area contributed by atoms with E-state index in [1.807, 2.05) is 24.3 Å². The van der Waals surface area contributed by atoms with Crippen LogP contribution in [0, 0.1) is 0 Å². The molecule has 2 aliphatic rings. The molecule has 0 aliphatic carbocycles. The number of aromatic nitrogens is 1. The van der Waals surface area contributed by atoms with Gasteiger partial charge in [0.2, 0.25) is 0 Å². The summed E-state index contributed by atoms with van der Waals surface area (Å²) in [6.45, 7) is 1.69. The van der Waals surface area contributed by atoms with Gasteiger partial charge in [0.25, 0.3) is 0 Å². The van der Waals surface area contributed by atoms with Crippen molar-refractivity contribution in [3.63, 3.8) is 0 Å². The van der Waals surface area contributed by atoms with E-state index in [1.54, 1.807) is 22.7 Å². The van der Waals surface area contributed by atoms with Gasteiger partial charge in [0, 0.05) is 36.8 Å². The van der Waals surface area contributed by atoms with E-state index >= 15 is 0 Å². The third-order valence-electron chi connectivity index (χ3n) is 4.91.